The van der Waals surface area contributed by atoms with Crippen LogP contribution < -0.4 is 4.73 Å². The van der Waals surface area contributed by atoms with Crippen LogP contribution in [0, 0.1) is 5.21 Å². The van der Waals surface area contributed by atoms with E-state index in [9.17, 15) is 10.0 Å². The summed E-state index contributed by atoms with van der Waals surface area (Å²) in [7, 11) is 0. The molecule has 0 spiro atoms. The van der Waals surface area contributed by atoms with Crippen LogP contribution in [-0.2, 0) is 0 Å². The number of hydrogen-bond acceptors (Lipinski definition) is 2. The van der Waals surface area contributed by atoms with Crippen molar-refractivity contribution in [3.8, 4) is 0 Å². The maximum Gasteiger partial charge on any atom is 0.181 e. The Morgan fingerprint density at radius 1 is 1.50 bits per heavy atom. The molecule has 1 heterocycles. The van der Waals surface area contributed by atoms with Gasteiger partial charge in [0.1, 0.15) is 0 Å². The molecule has 0 saturated carbocycles. The molecule has 0 amide bonds. The Balaban J connectivity index is 3.00. The average Bonchev–Trinajstić information content (AvgIpc) is 1.88. The molecule has 0 fully saturated rings. The molecule has 0 unspecified atom stereocenters. The number of hydrogen-bond donors (Lipinski definition) is 0. The largest absolute Gasteiger partial charge is 0.619 e. The number of carbonyl (C=O) groups excluding carboxylic acids is 1. The zero-order chi connectivity index (χ0) is 7.56. The smallest absolute Gasteiger partial charge is 0.181 e. The lowest BCUT2D eigenvalue weighted by Gasteiger charge is -1.94. The van der Waals surface area contributed by atoms with Crippen molar-refractivity contribution in [2.75, 3.05) is 0 Å². The van der Waals surface area contributed by atoms with Gasteiger partial charge in [0.05, 0.1) is 0 Å². The molecule has 1 aromatic rings. The van der Waals surface area contributed by atoms with Crippen LogP contribution in [0.5, 0.6) is 0 Å². The second-order valence-electron chi connectivity index (χ2n) is 2.00. The van der Waals surface area contributed by atoms with E-state index >= 15 is 0 Å². The van der Waals surface area contributed by atoms with E-state index in [2.05, 4.69) is 0 Å². The fraction of sp³-hybridized carbons (Fsp3) is 0.143. The van der Waals surface area contributed by atoms with Gasteiger partial charge in [-0.15, -0.1) is 0 Å². The number of aromatic nitrogens is 1. The predicted molar refractivity (Wildman–Crippen MR) is 35.4 cm³/mol. The molecule has 52 valence electrons. The van der Waals surface area contributed by atoms with Gasteiger partial charge >= 0.3 is 0 Å². The summed E-state index contributed by atoms with van der Waals surface area (Å²) in [6.07, 6.45) is 2.60. The number of ketones is 1. The summed E-state index contributed by atoms with van der Waals surface area (Å²) in [6.45, 7) is 1.46. The van der Waals surface area contributed by atoms with E-state index in [1.54, 1.807) is 0 Å². The van der Waals surface area contributed by atoms with E-state index in [0.29, 0.717) is 10.3 Å². The number of nitrogens with zero attached hydrogens (tertiary/aromatic N) is 1. The molecule has 0 radical (unpaired) electrons. The van der Waals surface area contributed by atoms with E-state index in [4.69, 9.17) is 0 Å². The molecule has 0 aliphatic heterocycles. The normalized spacial score (nSPS) is 9.30. The lowest BCUT2D eigenvalue weighted by molar-refractivity contribution is -0.605. The summed E-state index contributed by atoms with van der Waals surface area (Å²) >= 11 is 0. The van der Waals surface area contributed by atoms with E-state index < -0.39 is 0 Å². The van der Waals surface area contributed by atoms with Crippen LogP contribution in [-0.4, -0.2) is 5.78 Å². The molecular formula is C7H7NO2. The topological polar surface area (TPSA) is 44.0 Å². The molecule has 0 saturated heterocycles. The van der Waals surface area contributed by atoms with Crippen molar-refractivity contribution in [2.45, 2.75) is 6.92 Å². The third-order valence-corrected chi connectivity index (χ3v) is 1.21. The van der Waals surface area contributed by atoms with Crippen molar-refractivity contribution in [3.63, 3.8) is 0 Å². The van der Waals surface area contributed by atoms with Gasteiger partial charge in [0.15, 0.2) is 18.2 Å². The van der Waals surface area contributed by atoms with E-state index in [1.165, 1.54) is 31.5 Å². The number of Topliss-reactive ketones (excluding diaryl/α,β-unsaturated/α-hetero) is 1. The highest BCUT2D eigenvalue weighted by Gasteiger charge is 1.98. The molecule has 0 bridgehead atoms. The van der Waals surface area contributed by atoms with Gasteiger partial charge in [0, 0.05) is 17.7 Å². The minimum atomic E-state index is -0.0272. The van der Waals surface area contributed by atoms with Gasteiger partial charge < -0.3 is 5.21 Å². The first-order valence-corrected chi connectivity index (χ1v) is 2.90. The summed E-state index contributed by atoms with van der Waals surface area (Å²) < 4.78 is 0.645. The maximum atomic E-state index is 10.6. The van der Waals surface area contributed by atoms with Gasteiger partial charge in [-0.1, -0.05) is 0 Å². The van der Waals surface area contributed by atoms with Crippen LogP contribution in [0.3, 0.4) is 0 Å². The lowest BCUT2D eigenvalue weighted by atomic mass is 10.2. The Labute approximate surface area is 58.5 Å². The fourth-order valence-corrected chi connectivity index (χ4v) is 0.647. The first-order chi connectivity index (χ1) is 4.70. The van der Waals surface area contributed by atoms with Gasteiger partial charge in [0.2, 0.25) is 0 Å². The summed E-state index contributed by atoms with van der Waals surface area (Å²) in [5.41, 5.74) is 0.562. The zero-order valence-corrected chi connectivity index (χ0v) is 5.57. The Hall–Kier alpha value is -1.38. The standard InChI is InChI=1S/C7H7NO2/c1-6(9)7-2-4-8(10)5-3-7/h2-5H,1H3. The molecule has 3 nitrogen and oxygen atoms in total. The quantitative estimate of drug-likeness (QED) is 0.322. The highest BCUT2D eigenvalue weighted by Crippen LogP contribution is 1.94. The summed E-state index contributed by atoms with van der Waals surface area (Å²) in [6, 6.07) is 2.99. The maximum absolute atomic E-state index is 10.6. The average molecular weight is 137 g/mol. The van der Waals surface area contributed by atoms with E-state index in [0.717, 1.165) is 0 Å². The number of rotatable bonds is 1. The molecule has 1 aromatic heterocycles. The molecule has 0 aliphatic carbocycles. The minimum absolute atomic E-state index is 0.0272. The van der Waals surface area contributed by atoms with Crippen molar-refractivity contribution in [1.29, 1.82) is 0 Å². The third-order valence-electron chi connectivity index (χ3n) is 1.21. The van der Waals surface area contributed by atoms with Gasteiger partial charge in [-0.05, 0) is 6.92 Å². The Morgan fingerprint density at radius 3 is 2.40 bits per heavy atom. The second kappa shape index (κ2) is 2.47. The molecule has 0 atom stereocenters. The Bertz CT molecular complexity index is 240. The van der Waals surface area contributed by atoms with Crippen LogP contribution in [0.1, 0.15) is 17.3 Å². The Morgan fingerprint density at radius 2 is 2.00 bits per heavy atom. The molecule has 0 aromatic carbocycles. The number of carbonyl (C=O) groups is 1. The van der Waals surface area contributed by atoms with Crippen LogP contribution >= 0.6 is 0 Å². The molecule has 0 N–H and O–H groups in total. The summed E-state index contributed by atoms with van der Waals surface area (Å²) in [4.78, 5) is 10.6. The van der Waals surface area contributed by atoms with Crippen LogP contribution in [0.15, 0.2) is 24.5 Å². The predicted octanol–water partition coefficient (Wildman–Crippen LogP) is 0.523. The molecule has 3 heteroatoms. The molecule has 0 aliphatic rings. The van der Waals surface area contributed by atoms with Crippen molar-refractivity contribution in [3.05, 3.63) is 35.3 Å². The van der Waals surface area contributed by atoms with Crippen molar-refractivity contribution >= 4 is 5.78 Å². The van der Waals surface area contributed by atoms with E-state index in [1.807, 2.05) is 0 Å². The fourth-order valence-electron chi connectivity index (χ4n) is 0.647. The summed E-state index contributed by atoms with van der Waals surface area (Å²) in [5, 5.41) is 10.4. The van der Waals surface area contributed by atoms with Crippen molar-refractivity contribution in [2.24, 2.45) is 0 Å². The van der Waals surface area contributed by atoms with Gasteiger partial charge in [-0.25, -0.2) is 0 Å². The van der Waals surface area contributed by atoms with Crippen LogP contribution in [0.4, 0.5) is 0 Å². The van der Waals surface area contributed by atoms with Crippen molar-refractivity contribution < 1.29 is 9.52 Å². The monoisotopic (exact) mass is 137 g/mol. The van der Waals surface area contributed by atoms with E-state index in [-0.39, 0.29) is 5.78 Å². The van der Waals surface area contributed by atoms with Gasteiger partial charge in [-0.2, -0.15) is 4.73 Å². The molecular weight excluding hydrogens is 130 g/mol. The first-order valence-electron chi connectivity index (χ1n) is 2.90. The highest BCUT2D eigenvalue weighted by molar-refractivity contribution is 5.93. The highest BCUT2D eigenvalue weighted by atomic mass is 16.5. The Kier molecular flexibility index (Phi) is 1.67. The minimum Gasteiger partial charge on any atom is -0.619 e. The molecule has 10 heavy (non-hydrogen) atoms. The van der Waals surface area contributed by atoms with Crippen molar-refractivity contribution in [1.82, 2.24) is 0 Å². The van der Waals surface area contributed by atoms with Crippen LogP contribution in [0.25, 0.3) is 0 Å². The molecule has 1 rings (SSSR count). The summed E-state index contributed by atoms with van der Waals surface area (Å²) in [5.74, 6) is -0.0272. The van der Waals surface area contributed by atoms with Gasteiger partial charge in [-0.3, -0.25) is 4.79 Å². The number of pyridine rings is 1. The van der Waals surface area contributed by atoms with Gasteiger partial charge in [0.25, 0.3) is 0 Å². The zero-order valence-electron chi connectivity index (χ0n) is 5.57. The third kappa shape index (κ3) is 1.31. The van der Waals surface area contributed by atoms with Crippen LogP contribution in [0.2, 0.25) is 0 Å². The lowest BCUT2D eigenvalue weighted by Crippen LogP contribution is -2.24. The SMILES string of the molecule is CC(=O)c1cc[n+]([O-])cc1. The second-order valence-corrected chi connectivity index (χ2v) is 2.00. The first kappa shape index (κ1) is 6.74.